The van der Waals surface area contributed by atoms with Gasteiger partial charge in [-0.05, 0) is 42.0 Å². The molecule has 0 aliphatic heterocycles. The van der Waals surface area contributed by atoms with Crippen LogP contribution in [0.2, 0.25) is 15.1 Å². The molecule has 0 fully saturated rings. The van der Waals surface area contributed by atoms with E-state index in [9.17, 15) is 13.2 Å². The van der Waals surface area contributed by atoms with E-state index in [0.717, 1.165) is 0 Å². The second-order valence-corrected chi connectivity index (χ2v) is 10.3. The van der Waals surface area contributed by atoms with E-state index in [2.05, 4.69) is 5.32 Å². The zero-order chi connectivity index (χ0) is 24.2. The summed E-state index contributed by atoms with van der Waals surface area (Å²) in [5.41, 5.74) is 0.895. The number of halogens is 3. The Morgan fingerprint density at radius 3 is 2.18 bits per heavy atom. The highest BCUT2D eigenvalue weighted by Crippen LogP contribution is 2.34. The number of sulfonamides is 1. The van der Waals surface area contributed by atoms with Crippen molar-refractivity contribution in [2.45, 2.75) is 17.4 Å². The summed E-state index contributed by atoms with van der Waals surface area (Å²) in [6.45, 7) is 0. The number of methoxy groups -OCH3 is 1. The monoisotopic (exact) mass is 526 g/mol. The quantitative estimate of drug-likeness (QED) is 0.362. The molecule has 0 aliphatic rings. The number of carbonyl (C=O) groups excluding carboxylic acids is 1. The van der Waals surface area contributed by atoms with Crippen LogP contribution >= 0.6 is 34.8 Å². The van der Waals surface area contributed by atoms with Gasteiger partial charge in [0.05, 0.1) is 38.8 Å². The zero-order valence-electron chi connectivity index (χ0n) is 17.8. The summed E-state index contributed by atoms with van der Waals surface area (Å²) in [4.78, 5) is 13.1. The molecule has 0 spiro atoms. The van der Waals surface area contributed by atoms with Crippen molar-refractivity contribution in [3.8, 4) is 5.75 Å². The van der Waals surface area contributed by atoms with Gasteiger partial charge in [-0.15, -0.1) is 0 Å². The highest BCUT2D eigenvalue weighted by molar-refractivity contribution is 7.89. The van der Waals surface area contributed by atoms with Crippen LogP contribution in [0.1, 0.15) is 18.0 Å². The lowest BCUT2D eigenvalue weighted by atomic mass is 10.0. The molecule has 0 unspecified atom stereocenters. The van der Waals surface area contributed by atoms with Gasteiger partial charge in [0.1, 0.15) is 5.75 Å². The number of nitrogens with one attached hydrogen (secondary N) is 1. The fourth-order valence-electron chi connectivity index (χ4n) is 3.20. The molecule has 33 heavy (non-hydrogen) atoms. The third-order valence-electron chi connectivity index (χ3n) is 5.02. The van der Waals surface area contributed by atoms with Crippen molar-refractivity contribution in [1.82, 2.24) is 4.31 Å². The summed E-state index contributed by atoms with van der Waals surface area (Å²) >= 11 is 18.2. The van der Waals surface area contributed by atoms with Gasteiger partial charge in [-0.2, -0.15) is 4.31 Å². The largest absolute Gasteiger partial charge is 0.497 e. The van der Waals surface area contributed by atoms with E-state index in [1.54, 1.807) is 42.5 Å². The summed E-state index contributed by atoms with van der Waals surface area (Å²) in [5, 5.41) is 3.38. The molecule has 0 saturated carbocycles. The molecular formula is C23H21Cl3N2O4S. The maximum absolute atomic E-state index is 13.3. The van der Waals surface area contributed by atoms with E-state index < -0.39 is 22.0 Å². The van der Waals surface area contributed by atoms with Crippen LogP contribution in [0.15, 0.2) is 71.6 Å². The molecule has 1 amide bonds. The fourth-order valence-corrected chi connectivity index (χ4v) is 5.16. The number of carbonyl (C=O) groups is 1. The van der Waals surface area contributed by atoms with E-state index in [1.807, 2.05) is 0 Å². The van der Waals surface area contributed by atoms with Crippen molar-refractivity contribution in [3.63, 3.8) is 0 Å². The van der Waals surface area contributed by atoms with Gasteiger partial charge in [0.25, 0.3) is 0 Å². The van der Waals surface area contributed by atoms with Gasteiger partial charge in [-0.25, -0.2) is 8.42 Å². The number of amides is 1. The van der Waals surface area contributed by atoms with Crippen molar-refractivity contribution >= 4 is 56.4 Å². The van der Waals surface area contributed by atoms with Gasteiger partial charge in [0, 0.05) is 13.5 Å². The molecule has 6 nitrogen and oxygen atoms in total. The highest BCUT2D eigenvalue weighted by atomic mass is 35.5. The third kappa shape index (κ3) is 5.99. The first-order valence-electron chi connectivity index (χ1n) is 9.75. The maximum Gasteiger partial charge on any atom is 0.243 e. The average Bonchev–Trinajstić information content (AvgIpc) is 2.81. The van der Waals surface area contributed by atoms with Crippen LogP contribution in [0.25, 0.3) is 0 Å². The van der Waals surface area contributed by atoms with Gasteiger partial charge in [0.2, 0.25) is 15.9 Å². The van der Waals surface area contributed by atoms with Crippen LogP contribution in [0.4, 0.5) is 5.69 Å². The van der Waals surface area contributed by atoms with E-state index >= 15 is 0 Å². The Morgan fingerprint density at radius 2 is 1.58 bits per heavy atom. The molecule has 0 radical (unpaired) electrons. The molecule has 3 aromatic carbocycles. The van der Waals surface area contributed by atoms with E-state index in [-0.39, 0.29) is 32.1 Å². The lowest BCUT2D eigenvalue weighted by molar-refractivity contribution is -0.117. The van der Waals surface area contributed by atoms with E-state index in [1.165, 1.54) is 42.7 Å². The number of anilines is 1. The second-order valence-electron chi connectivity index (χ2n) is 7.12. The molecule has 10 heteroatoms. The summed E-state index contributed by atoms with van der Waals surface area (Å²) in [5.74, 6) is 0.157. The smallest absolute Gasteiger partial charge is 0.243 e. The molecule has 0 bridgehead atoms. The Morgan fingerprint density at radius 1 is 0.970 bits per heavy atom. The molecule has 3 rings (SSSR count). The van der Waals surface area contributed by atoms with Crippen LogP contribution in [0.5, 0.6) is 5.75 Å². The van der Waals surface area contributed by atoms with Gasteiger partial charge >= 0.3 is 0 Å². The SMILES string of the molecule is COc1ccc([C@H](CC(=O)Nc2cc(Cl)c(Cl)cc2Cl)N(C)S(=O)(=O)c2ccccc2)cc1. The summed E-state index contributed by atoms with van der Waals surface area (Å²) < 4.78 is 32.9. The predicted molar refractivity (Wildman–Crippen MR) is 132 cm³/mol. The van der Waals surface area contributed by atoms with Crippen molar-refractivity contribution in [1.29, 1.82) is 0 Å². The third-order valence-corrected chi connectivity index (χ3v) is 7.94. The minimum absolute atomic E-state index is 0.124. The Labute approximate surface area is 208 Å². The number of benzene rings is 3. The van der Waals surface area contributed by atoms with Gasteiger partial charge in [-0.1, -0.05) is 65.1 Å². The Balaban J connectivity index is 1.93. The second kappa shape index (κ2) is 10.8. The molecule has 1 atom stereocenters. The molecule has 0 saturated heterocycles. The van der Waals surface area contributed by atoms with Crippen LogP contribution < -0.4 is 10.1 Å². The number of ether oxygens (including phenoxy) is 1. The van der Waals surface area contributed by atoms with Gasteiger partial charge in [0.15, 0.2) is 0 Å². The predicted octanol–water partition coefficient (Wildman–Crippen LogP) is 6.05. The summed E-state index contributed by atoms with van der Waals surface area (Å²) in [6, 6.07) is 16.9. The normalized spacial score (nSPS) is 12.4. The first-order valence-corrected chi connectivity index (χ1v) is 12.3. The zero-order valence-corrected chi connectivity index (χ0v) is 20.8. The first kappa shape index (κ1) is 25.3. The van der Waals surface area contributed by atoms with Crippen LogP contribution in [0.3, 0.4) is 0 Å². The Kier molecular flexibility index (Phi) is 8.26. The molecule has 0 aliphatic carbocycles. The lowest BCUT2D eigenvalue weighted by Gasteiger charge is -2.28. The molecule has 3 aromatic rings. The number of rotatable bonds is 8. The Hall–Kier alpha value is -2.29. The minimum Gasteiger partial charge on any atom is -0.497 e. The van der Waals surface area contributed by atoms with Crippen LogP contribution in [0, 0.1) is 0 Å². The minimum atomic E-state index is -3.88. The van der Waals surface area contributed by atoms with Crippen LogP contribution in [-0.2, 0) is 14.8 Å². The molecule has 0 heterocycles. The van der Waals surface area contributed by atoms with Crippen LogP contribution in [-0.4, -0.2) is 32.8 Å². The molecule has 0 aromatic heterocycles. The van der Waals surface area contributed by atoms with Crippen molar-refractivity contribution in [2.24, 2.45) is 0 Å². The topological polar surface area (TPSA) is 75.7 Å². The average molecular weight is 528 g/mol. The molecule has 1 N–H and O–H groups in total. The number of nitrogens with zero attached hydrogens (tertiary/aromatic N) is 1. The first-order chi connectivity index (χ1) is 15.6. The van der Waals surface area contributed by atoms with E-state index in [0.29, 0.717) is 11.3 Å². The van der Waals surface area contributed by atoms with Gasteiger partial charge < -0.3 is 10.1 Å². The van der Waals surface area contributed by atoms with Crippen molar-refractivity contribution in [2.75, 3.05) is 19.5 Å². The van der Waals surface area contributed by atoms with Crippen molar-refractivity contribution < 1.29 is 17.9 Å². The molecular weight excluding hydrogens is 507 g/mol. The lowest BCUT2D eigenvalue weighted by Crippen LogP contribution is -2.33. The van der Waals surface area contributed by atoms with Crippen molar-refractivity contribution in [3.05, 3.63) is 87.4 Å². The summed E-state index contributed by atoms with van der Waals surface area (Å²) in [7, 11) is -0.908. The van der Waals surface area contributed by atoms with Gasteiger partial charge in [-0.3, -0.25) is 4.79 Å². The molecule has 174 valence electrons. The number of hydrogen-bond donors (Lipinski definition) is 1. The highest BCUT2D eigenvalue weighted by Gasteiger charge is 2.31. The standard InChI is InChI=1S/C23H21Cl3N2O4S/c1-28(33(30,31)17-6-4-3-5-7-17)22(15-8-10-16(32-2)11-9-15)14-23(29)27-21-13-19(25)18(24)12-20(21)26/h3-13,22H,14H2,1-2H3,(H,27,29)/t22-/m0/s1. The maximum atomic E-state index is 13.3. The number of hydrogen-bond acceptors (Lipinski definition) is 4. The fraction of sp³-hybridized carbons (Fsp3) is 0.174. The summed E-state index contributed by atoms with van der Waals surface area (Å²) in [6.07, 6.45) is -0.175. The van der Waals surface area contributed by atoms with E-state index in [4.69, 9.17) is 39.5 Å². The Bertz CT molecular complexity index is 1240.